The fraction of sp³-hybridized carbons (Fsp3) is 0.286. The van der Waals surface area contributed by atoms with E-state index >= 15 is 0 Å². The lowest BCUT2D eigenvalue weighted by Gasteiger charge is -2.17. The van der Waals surface area contributed by atoms with Crippen LogP contribution in [0.15, 0.2) is 36.9 Å². The number of hydrogen-bond donors (Lipinski definition) is 1. The Hall–Kier alpha value is -1.50. The van der Waals surface area contributed by atoms with Crippen molar-refractivity contribution >= 4 is 10.9 Å². The molecule has 1 heteroatoms. The predicted molar refractivity (Wildman–Crippen MR) is 66.3 cm³/mol. The second kappa shape index (κ2) is 3.27. The first kappa shape index (κ1) is 10.0. The molecule has 1 N–H and O–H groups in total. The van der Waals surface area contributed by atoms with Gasteiger partial charge in [0.1, 0.15) is 0 Å². The monoisotopic (exact) mass is 199 g/mol. The smallest absolute Gasteiger partial charge is 0.0459 e. The van der Waals surface area contributed by atoms with E-state index in [1.807, 2.05) is 6.08 Å². The number of rotatable bonds is 2. The molecule has 1 heterocycles. The second-order valence-electron chi connectivity index (χ2n) is 4.64. The van der Waals surface area contributed by atoms with Gasteiger partial charge in [0, 0.05) is 22.0 Å². The van der Waals surface area contributed by atoms with E-state index in [9.17, 15) is 0 Å². The van der Waals surface area contributed by atoms with Crippen LogP contribution in [0.2, 0.25) is 0 Å². The highest BCUT2D eigenvalue weighted by Crippen LogP contribution is 2.28. The number of fused-ring (bicyclic) bond motifs is 1. The van der Waals surface area contributed by atoms with Crippen molar-refractivity contribution in [1.82, 2.24) is 4.98 Å². The van der Waals surface area contributed by atoms with Crippen molar-refractivity contribution in [3.8, 4) is 0 Å². The van der Waals surface area contributed by atoms with Gasteiger partial charge >= 0.3 is 0 Å². The van der Waals surface area contributed by atoms with E-state index in [1.54, 1.807) is 0 Å². The van der Waals surface area contributed by atoms with Crippen molar-refractivity contribution in [2.45, 2.75) is 26.2 Å². The summed E-state index contributed by atoms with van der Waals surface area (Å²) in [5, 5.41) is 1.31. The number of H-pyrrole nitrogens is 1. The maximum absolute atomic E-state index is 3.88. The highest BCUT2D eigenvalue weighted by Gasteiger charge is 2.18. The third kappa shape index (κ3) is 1.58. The minimum Gasteiger partial charge on any atom is -0.358 e. The number of allylic oxidation sites excluding steroid dienone is 1. The molecule has 1 nitrogen and oxygen atoms in total. The van der Waals surface area contributed by atoms with E-state index in [0.29, 0.717) is 0 Å². The van der Waals surface area contributed by atoms with Gasteiger partial charge in [-0.3, -0.25) is 0 Å². The highest BCUT2D eigenvalue weighted by molar-refractivity contribution is 5.84. The summed E-state index contributed by atoms with van der Waals surface area (Å²) in [4.78, 5) is 3.46. The van der Waals surface area contributed by atoms with Crippen LogP contribution in [0.5, 0.6) is 0 Å². The standard InChI is InChI=1S/C14H17N/c1-5-14(3,4)13-9-11-10(2)7-6-8-12(11)15-13/h5-9,15H,1H2,2-4H3. The van der Waals surface area contributed by atoms with Crippen molar-refractivity contribution in [2.24, 2.45) is 0 Å². The molecule has 0 aliphatic heterocycles. The zero-order chi connectivity index (χ0) is 11.1. The Morgan fingerprint density at radius 2 is 2.07 bits per heavy atom. The Bertz CT molecular complexity index is 503. The number of aromatic nitrogens is 1. The molecular weight excluding hydrogens is 182 g/mol. The van der Waals surface area contributed by atoms with Crippen LogP contribution in [0.1, 0.15) is 25.1 Å². The van der Waals surface area contributed by atoms with Crippen LogP contribution in [0.4, 0.5) is 0 Å². The van der Waals surface area contributed by atoms with Gasteiger partial charge in [0.05, 0.1) is 0 Å². The molecule has 2 rings (SSSR count). The van der Waals surface area contributed by atoms with Crippen molar-refractivity contribution in [3.63, 3.8) is 0 Å². The fourth-order valence-corrected chi connectivity index (χ4v) is 1.76. The predicted octanol–water partition coefficient (Wildman–Crippen LogP) is 3.94. The molecule has 15 heavy (non-hydrogen) atoms. The molecule has 1 aromatic heterocycles. The van der Waals surface area contributed by atoms with Gasteiger partial charge in [-0.15, -0.1) is 6.58 Å². The number of aromatic amines is 1. The zero-order valence-electron chi connectivity index (χ0n) is 9.59. The molecule has 0 unspecified atom stereocenters. The molecule has 0 aliphatic rings. The van der Waals surface area contributed by atoms with Gasteiger partial charge in [-0.1, -0.05) is 32.1 Å². The van der Waals surface area contributed by atoms with Crippen molar-refractivity contribution in [1.29, 1.82) is 0 Å². The summed E-state index contributed by atoms with van der Waals surface area (Å²) in [7, 11) is 0. The maximum atomic E-state index is 3.88. The average molecular weight is 199 g/mol. The average Bonchev–Trinajstić information content (AvgIpc) is 2.64. The number of benzene rings is 1. The zero-order valence-corrected chi connectivity index (χ0v) is 9.59. The Morgan fingerprint density at radius 1 is 1.33 bits per heavy atom. The molecule has 0 saturated carbocycles. The van der Waals surface area contributed by atoms with Crippen LogP contribution >= 0.6 is 0 Å². The third-order valence-electron chi connectivity index (χ3n) is 3.09. The van der Waals surface area contributed by atoms with Gasteiger partial charge in [-0.2, -0.15) is 0 Å². The fourth-order valence-electron chi connectivity index (χ4n) is 1.76. The van der Waals surface area contributed by atoms with Crippen molar-refractivity contribution in [3.05, 3.63) is 48.2 Å². The van der Waals surface area contributed by atoms with Crippen LogP contribution < -0.4 is 0 Å². The lowest BCUT2D eigenvalue weighted by molar-refractivity contribution is 0.652. The molecule has 0 amide bonds. The highest BCUT2D eigenvalue weighted by atomic mass is 14.7. The van der Waals surface area contributed by atoms with Gasteiger partial charge in [0.15, 0.2) is 0 Å². The molecule has 0 atom stereocenters. The van der Waals surface area contributed by atoms with Crippen LogP contribution in [0, 0.1) is 6.92 Å². The summed E-state index contributed by atoms with van der Waals surface area (Å²) in [6.45, 7) is 10.4. The summed E-state index contributed by atoms with van der Waals surface area (Å²) >= 11 is 0. The summed E-state index contributed by atoms with van der Waals surface area (Å²) in [6.07, 6.45) is 1.98. The maximum Gasteiger partial charge on any atom is 0.0459 e. The topological polar surface area (TPSA) is 15.8 Å². The van der Waals surface area contributed by atoms with Crippen molar-refractivity contribution < 1.29 is 0 Å². The molecule has 0 spiro atoms. The minimum atomic E-state index is 0.00542. The second-order valence-corrected chi connectivity index (χ2v) is 4.64. The minimum absolute atomic E-state index is 0.00542. The van der Waals surface area contributed by atoms with E-state index in [-0.39, 0.29) is 5.41 Å². The SMILES string of the molecule is C=CC(C)(C)c1cc2c(C)cccc2[nH]1. The van der Waals surface area contributed by atoms with Gasteiger partial charge in [-0.05, 0) is 24.6 Å². The normalized spacial score (nSPS) is 11.9. The number of nitrogens with one attached hydrogen (secondary N) is 1. The van der Waals surface area contributed by atoms with E-state index in [4.69, 9.17) is 0 Å². The summed E-state index contributed by atoms with van der Waals surface area (Å²) in [6, 6.07) is 8.57. The van der Waals surface area contributed by atoms with E-state index in [0.717, 1.165) is 0 Å². The lowest BCUT2D eigenvalue weighted by atomic mass is 9.90. The van der Waals surface area contributed by atoms with Gasteiger partial charge in [-0.25, -0.2) is 0 Å². The quantitative estimate of drug-likeness (QED) is 0.705. The number of aryl methyl sites for hydroxylation is 1. The van der Waals surface area contributed by atoms with E-state index in [1.165, 1.54) is 22.2 Å². The molecule has 0 fully saturated rings. The molecule has 0 bridgehead atoms. The molecule has 0 radical (unpaired) electrons. The molecule has 1 aromatic carbocycles. The van der Waals surface area contributed by atoms with Crippen molar-refractivity contribution in [2.75, 3.05) is 0 Å². The molecule has 0 aliphatic carbocycles. The van der Waals surface area contributed by atoms with Gasteiger partial charge in [0.2, 0.25) is 0 Å². The number of hydrogen-bond acceptors (Lipinski definition) is 0. The Kier molecular flexibility index (Phi) is 2.18. The van der Waals surface area contributed by atoms with Gasteiger partial charge < -0.3 is 4.98 Å². The third-order valence-corrected chi connectivity index (χ3v) is 3.09. The lowest BCUT2D eigenvalue weighted by Crippen LogP contribution is -2.12. The largest absolute Gasteiger partial charge is 0.358 e. The molecule has 0 saturated heterocycles. The molecule has 2 aromatic rings. The summed E-state index contributed by atoms with van der Waals surface area (Å²) in [5.41, 5.74) is 3.75. The van der Waals surface area contributed by atoms with Crippen LogP contribution in [0.3, 0.4) is 0 Å². The first-order valence-electron chi connectivity index (χ1n) is 5.27. The molecule has 78 valence electrons. The Morgan fingerprint density at radius 3 is 2.67 bits per heavy atom. The molecular formula is C14H17N. The first-order chi connectivity index (χ1) is 7.04. The summed E-state index contributed by atoms with van der Waals surface area (Å²) in [5.74, 6) is 0. The van der Waals surface area contributed by atoms with Crippen LogP contribution in [-0.4, -0.2) is 4.98 Å². The van der Waals surface area contributed by atoms with Crippen LogP contribution in [0.25, 0.3) is 10.9 Å². The summed E-state index contributed by atoms with van der Waals surface area (Å²) < 4.78 is 0. The van der Waals surface area contributed by atoms with Gasteiger partial charge in [0.25, 0.3) is 0 Å². The first-order valence-corrected chi connectivity index (χ1v) is 5.27. The van der Waals surface area contributed by atoms with Crippen LogP contribution in [-0.2, 0) is 5.41 Å². The Labute approximate surface area is 90.8 Å². The van der Waals surface area contributed by atoms with E-state index in [2.05, 4.69) is 56.6 Å². The van der Waals surface area contributed by atoms with E-state index < -0.39 is 0 Å². The Balaban J connectivity index is 2.67.